The van der Waals surface area contributed by atoms with Gasteiger partial charge in [0.15, 0.2) is 0 Å². The molecule has 4 nitrogen and oxygen atoms in total. The molecule has 0 radical (unpaired) electrons. The van der Waals surface area contributed by atoms with Crippen LogP contribution in [-0.2, 0) is 11.3 Å². The van der Waals surface area contributed by atoms with Crippen molar-refractivity contribution in [3.63, 3.8) is 0 Å². The fourth-order valence-corrected chi connectivity index (χ4v) is 2.99. The lowest BCUT2D eigenvalue weighted by molar-refractivity contribution is -0.117. The number of amides is 1. The van der Waals surface area contributed by atoms with Crippen LogP contribution < -0.4 is 10.6 Å². The molecule has 0 aliphatic carbocycles. The van der Waals surface area contributed by atoms with Gasteiger partial charge in [-0.05, 0) is 54.2 Å². The molecule has 1 amide bonds. The molecule has 146 valence electrons. The molecule has 0 fully saturated rings. The van der Waals surface area contributed by atoms with Gasteiger partial charge in [-0.2, -0.15) is 0 Å². The highest BCUT2D eigenvalue weighted by molar-refractivity contribution is 5.97. The second-order valence-corrected chi connectivity index (χ2v) is 8.06. The van der Waals surface area contributed by atoms with Crippen molar-refractivity contribution in [3.8, 4) is 0 Å². The van der Waals surface area contributed by atoms with Crippen molar-refractivity contribution in [1.82, 2.24) is 0 Å². The Hall–Kier alpha value is -2.69. The van der Waals surface area contributed by atoms with E-state index in [1.807, 2.05) is 40.7 Å². The molecular formula is C22H30FN3O. The van der Waals surface area contributed by atoms with Crippen LogP contribution >= 0.6 is 0 Å². The largest absolute Gasteiger partial charge is 0.380 e. The van der Waals surface area contributed by atoms with Gasteiger partial charge in [0.1, 0.15) is 5.82 Å². The van der Waals surface area contributed by atoms with Crippen LogP contribution in [0.1, 0.15) is 50.9 Å². The smallest absolute Gasteiger partial charge is 0.224 e. The molecule has 0 aliphatic heterocycles. The molecule has 0 aromatic heterocycles. The molecular weight excluding hydrogens is 341 g/mol. The van der Waals surface area contributed by atoms with Crippen molar-refractivity contribution < 1.29 is 10.6 Å². The highest BCUT2D eigenvalue weighted by atomic mass is 19.1. The van der Waals surface area contributed by atoms with Gasteiger partial charge in [0.05, 0.1) is 0 Å². The Morgan fingerprint density at radius 1 is 1.22 bits per heavy atom. The second-order valence-electron chi connectivity index (χ2n) is 8.06. The van der Waals surface area contributed by atoms with Gasteiger partial charge in [-0.15, -0.1) is 0 Å². The SMILES string of the molecule is Cc1cc(NCc2ccc(F)cc2)c(C=N)c(C)c1NC(=O)CC(C)(C)C.[HH]. The van der Waals surface area contributed by atoms with Crippen LogP contribution in [0, 0.1) is 30.5 Å². The number of rotatable bonds is 6. The van der Waals surface area contributed by atoms with E-state index in [1.165, 1.54) is 18.3 Å². The minimum absolute atomic E-state index is 0. The van der Waals surface area contributed by atoms with Crippen molar-refractivity contribution in [2.45, 2.75) is 47.6 Å². The zero-order valence-electron chi connectivity index (χ0n) is 16.7. The van der Waals surface area contributed by atoms with Crippen LogP contribution in [0.3, 0.4) is 0 Å². The fraction of sp³-hybridized carbons (Fsp3) is 0.364. The predicted octanol–water partition coefficient (Wildman–Crippen LogP) is 5.67. The van der Waals surface area contributed by atoms with Gasteiger partial charge in [-0.3, -0.25) is 4.79 Å². The van der Waals surface area contributed by atoms with Crippen molar-refractivity contribution in [1.29, 1.82) is 5.41 Å². The summed E-state index contributed by atoms with van der Waals surface area (Å²) in [6.45, 7) is 10.4. The molecule has 2 aromatic carbocycles. The number of hydrogen-bond acceptors (Lipinski definition) is 3. The van der Waals surface area contributed by atoms with Crippen molar-refractivity contribution in [2.24, 2.45) is 5.41 Å². The molecule has 0 heterocycles. The number of carbonyl (C=O) groups is 1. The second kappa shape index (κ2) is 8.33. The molecule has 0 unspecified atom stereocenters. The number of carbonyl (C=O) groups excluding carboxylic acids is 1. The van der Waals surface area contributed by atoms with Gasteiger partial charge in [0.25, 0.3) is 0 Å². The van der Waals surface area contributed by atoms with E-state index < -0.39 is 0 Å². The first-order chi connectivity index (χ1) is 12.6. The van der Waals surface area contributed by atoms with Crippen molar-refractivity contribution in [3.05, 3.63) is 58.4 Å². The van der Waals surface area contributed by atoms with Gasteiger partial charge in [-0.25, -0.2) is 4.39 Å². The van der Waals surface area contributed by atoms with E-state index in [2.05, 4.69) is 10.6 Å². The number of benzene rings is 2. The van der Waals surface area contributed by atoms with Gasteiger partial charge in [-0.1, -0.05) is 32.9 Å². The lowest BCUT2D eigenvalue weighted by atomic mass is 9.91. The average Bonchev–Trinajstić information content (AvgIpc) is 2.56. The maximum Gasteiger partial charge on any atom is 0.224 e. The Kier molecular flexibility index (Phi) is 6.37. The lowest BCUT2D eigenvalue weighted by Crippen LogP contribution is -2.21. The van der Waals surface area contributed by atoms with Crippen molar-refractivity contribution >= 4 is 23.5 Å². The van der Waals surface area contributed by atoms with Crippen molar-refractivity contribution in [2.75, 3.05) is 10.6 Å². The first kappa shape index (κ1) is 20.6. The normalized spacial score (nSPS) is 11.2. The van der Waals surface area contributed by atoms with Crippen LogP contribution in [-0.4, -0.2) is 12.1 Å². The van der Waals surface area contributed by atoms with E-state index in [0.717, 1.165) is 33.6 Å². The lowest BCUT2D eigenvalue weighted by Gasteiger charge is -2.21. The first-order valence-electron chi connectivity index (χ1n) is 9.03. The predicted molar refractivity (Wildman–Crippen MR) is 112 cm³/mol. The standard InChI is InChI=1S/C22H28FN3O.H2/c1-14-10-19(25-13-16-6-8-17(23)9-7-16)18(12-24)15(2)21(14)26-20(27)11-22(3,4)5;/h6-10,12,24-25H,11,13H2,1-5H3,(H,26,27);1H. The zero-order chi connectivity index (χ0) is 20.2. The van der Waals surface area contributed by atoms with Gasteiger partial charge >= 0.3 is 0 Å². The summed E-state index contributed by atoms with van der Waals surface area (Å²) < 4.78 is 13.0. The Labute approximate surface area is 162 Å². The summed E-state index contributed by atoms with van der Waals surface area (Å²) in [7, 11) is 0. The summed E-state index contributed by atoms with van der Waals surface area (Å²) in [6.07, 6.45) is 1.72. The van der Waals surface area contributed by atoms with Crippen LogP contribution in [0.4, 0.5) is 15.8 Å². The van der Waals surface area contributed by atoms with E-state index in [1.54, 1.807) is 12.1 Å². The third-order valence-electron chi connectivity index (χ3n) is 4.32. The Morgan fingerprint density at radius 2 is 1.85 bits per heavy atom. The molecule has 0 saturated carbocycles. The first-order valence-corrected chi connectivity index (χ1v) is 9.03. The molecule has 0 aliphatic rings. The van der Waals surface area contributed by atoms with Gasteiger partial charge < -0.3 is 16.0 Å². The summed E-state index contributed by atoms with van der Waals surface area (Å²) in [5, 5.41) is 14.1. The zero-order valence-corrected chi connectivity index (χ0v) is 16.7. The third-order valence-corrected chi connectivity index (χ3v) is 4.32. The molecule has 27 heavy (non-hydrogen) atoms. The molecule has 0 bridgehead atoms. The molecule has 5 heteroatoms. The molecule has 2 rings (SSSR count). The monoisotopic (exact) mass is 371 g/mol. The van der Waals surface area contributed by atoms with E-state index in [-0.39, 0.29) is 18.6 Å². The summed E-state index contributed by atoms with van der Waals surface area (Å²) in [5.41, 5.74) is 4.95. The highest BCUT2D eigenvalue weighted by Gasteiger charge is 2.19. The summed E-state index contributed by atoms with van der Waals surface area (Å²) >= 11 is 0. The van der Waals surface area contributed by atoms with Gasteiger partial charge in [0.2, 0.25) is 5.91 Å². The molecule has 0 saturated heterocycles. The molecule has 0 atom stereocenters. The maximum atomic E-state index is 13.0. The topological polar surface area (TPSA) is 65.0 Å². The summed E-state index contributed by atoms with van der Waals surface area (Å²) in [6, 6.07) is 8.25. The minimum Gasteiger partial charge on any atom is -0.380 e. The third kappa shape index (κ3) is 5.64. The number of nitrogens with one attached hydrogen (secondary N) is 3. The maximum absolute atomic E-state index is 13.0. The Bertz CT molecular complexity index is 842. The number of hydrogen-bond donors (Lipinski definition) is 3. The molecule has 2 aromatic rings. The number of aryl methyl sites for hydroxylation is 1. The van der Waals surface area contributed by atoms with Gasteiger partial charge in [0, 0.05) is 37.5 Å². The molecule has 0 spiro atoms. The summed E-state index contributed by atoms with van der Waals surface area (Å²) in [4.78, 5) is 12.3. The van der Waals surface area contributed by atoms with Crippen LogP contribution in [0.25, 0.3) is 0 Å². The Morgan fingerprint density at radius 3 is 2.41 bits per heavy atom. The number of halogens is 1. The van der Waals surface area contributed by atoms with E-state index in [0.29, 0.717) is 13.0 Å². The van der Waals surface area contributed by atoms with Crippen LogP contribution in [0.5, 0.6) is 0 Å². The highest BCUT2D eigenvalue weighted by Crippen LogP contribution is 2.30. The quantitative estimate of drug-likeness (QED) is 0.573. The van der Waals surface area contributed by atoms with E-state index in [4.69, 9.17) is 5.41 Å². The Balaban J connectivity index is 0.00000392. The van der Waals surface area contributed by atoms with Crippen LogP contribution in [0.2, 0.25) is 0 Å². The van der Waals surface area contributed by atoms with E-state index in [9.17, 15) is 9.18 Å². The minimum atomic E-state index is -0.263. The fourth-order valence-electron chi connectivity index (χ4n) is 2.99. The number of anilines is 2. The molecule has 3 N–H and O–H groups in total. The van der Waals surface area contributed by atoms with E-state index >= 15 is 0 Å². The van der Waals surface area contributed by atoms with Crippen LogP contribution in [0.15, 0.2) is 30.3 Å². The summed E-state index contributed by atoms with van der Waals surface area (Å²) in [5.74, 6) is -0.294. The average molecular weight is 372 g/mol.